The van der Waals surface area contributed by atoms with Crippen LogP contribution in [0.15, 0.2) is 18.5 Å². The van der Waals surface area contributed by atoms with Crippen molar-refractivity contribution in [3.63, 3.8) is 0 Å². The molecule has 4 nitrogen and oxygen atoms in total. The van der Waals surface area contributed by atoms with Gasteiger partial charge in [-0.1, -0.05) is 6.42 Å². The number of aromatic nitrogens is 1. The molecular formula is C16H25BN2O2. The highest BCUT2D eigenvalue weighted by Crippen LogP contribution is 2.37. The maximum Gasteiger partial charge on any atom is 0.496 e. The molecule has 0 spiro atoms. The zero-order chi connectivity index (χ0) is 15.1. The molecule has 2 fully saturated rings. The molecule has 114 valence electrons. The summed E-state index contributed by atoms with van der Waals surface area (Å²) in [6, 6.07) is 2.49. The van der Waals surface area contributed by atoms with Gasteiger partial charge in [0.25, 0.3) is 0 Å². The van der Waals surface area contributed by atoms with Crippen LogP contribution in [-0.4, -0.2) is 29.8 Å². The van der Waals surface area contributed by atoms with Crippen molar-refractivity contribution in [2.24, 2.45) is 0 Å². The Morgan fingerprint density at radius 2 is 1.90 bits per heavy atom. The highest BCUT2D eigenvalue weighted by atomic mass is 16.7. The second kappa shape index (κ2) is 5.38. The normalized spacial score (nSPS) is 27.8. The SMILES string of the molecule is CC1(C)OB(c2cnccc2C2CCCCN2)OC1(C)C. The molecule has 1 aromatic heterocycles. The standard InChI is InChI=1S/C16H25BN2O2/c1-15(2)16(3,4)21-17(20-15)13-11-18-10-8-12(13)14-7-5-6-9-19-14/h8,10-11,14,19H,5-7,9H2,1-4H3. The summed E-state index contributed by atoms with van der Waals surface area (Å²) in [6.07, 6.45) is 7.45. The van der Waals surface area contributed by atoms with Crippen LogP contribution in [0.3, 0.4) is 0 Å². The highest BCUT2D eigenvalue weighted by Gasteiger charge is 2.52. The Hall–Kier alpha value is -0.905. The third-order valence-electron chi connectivity index (χ3n) is 5.08. The van der Waals surface area contributed by atoms with Gasteiger partial charge < -0.3 is 14.6 Å². The molecule has 0 saturated carbocycles. The zero-order valence-electron chi connectivity index (χ0n) is 13.5. The van der Waals surface area contributed by atoms with Gasteiger partial charge >= 0.3 is 7.12 Å². The van der Waals surface area contributed by atoms with Gasteiger partial charge in [0, 0.05) is 23.9 Å². The topological polar surface area (TPSA) is 43.4 Å². The molecule has 21 heavy (non-hydrogen) atoms. The number of hydrogen-bond donors (Lipinski definition) is 1. The summed E-state index contributed by atoms with van der Waals surface area (Å²) < 4.78 is 12.4. The van der Waals surface area contributed by atoms with Gasteiger partial charge in [-0.15, -0.1) is 0 Å². The lowest BCUT2D eigenvalue weighted by molar-refractivity contribution is 0.00578. The number of rotatable bonds is 2. The molecule has 1 unspecified atom stereocenters. The van der Waals surface area contributed by atoms with Gasteiger partial charge in [0.15, 0.2) is 0 Å². The van der Waals surface area contributed by atoms with Crippen molar-refractivity contribution in [2.45, 2.75) is 64.2 Å². The molecule has 0 aromatic carbocycles. The zero-order valence-corrected chi connectivity index (χ0v) is 13.5. The number of pyridine rings is 1. The van der Waals surface area contributed by atoms with Crippen molar-refractivity contribution >= 4 is 12.6 Å². The molecule has 0 aliphatic carbocycles. The quantitative estimate of drug-likeness (QED) is 0.847. The number of piperidine rings is 1. The number of nitrogens with zero attached hydrogens (tertiary/aromatic N) is 1. The van der Waals surface area contributed by atoms with Crippen LogP contribution in [0.4, 0.5) is 0 Å². The van der Waals surface area contributed by atoms with Crippen LogP contribution in [0.5, 0.6) is 0 Å². The molecule has 0 radical (unpaired) electrons. The molecule has 2 aliphatic heterocycles. The van der Waals surface area contributed by atoms with Crippen molar-refractivity contribution in [3.8, 4) is 0 Å². The summed E-state index contributed by atoms with van der Waals surface area (Å²) in [5.74, 6) is 0. The largest absolute Gasteiger partial charge is 0.496 e. The fourth-order valence-corrected chi connectivity index (χ4v) is 3.02. The minimum absolute atomic E-state index is 0.315. The lowest BCUT2D eigenvalue weighted by Crippen LogP contribution is -2.41. The van der Waals surface area contributed by atoms with E-state index in [2.05, 4.69) is 44.1 Å². The molecule has 0 bridgehead atoms. The van der Waals surface area contributed by atoms with E-state index in [4.69, 9.17) is 9.31 Å². The summed E-state index contributed by atoms with van der Waals surface area (Å²) in [5, 5.41) is 3.60. The maximum atomic E-state index is 6.19. The van der Waals surface area contributed by atoms with Crippen LogP contribution in [0.1, 0.15) is 58.6 Å². The Labute approximate surface area is 127 Å². The molecule has 1 aromatic rings. The minimum atomic E-state index is -0.331. The van der Waals surface area contributed by atoms with Crippen LogP contribution in [-0.2, 0) is 9.31 Å². The summed E-state index contributed by atoms with van der Waals surface area (Å²) >= 11 is 0. The van der Waals surface area contributed by atoms with E-state index in [-0.39, 0.29) is 18.3 Å². The van der Waals surface area contributed by atoms with E-state index in [1.807, 2.05) is 12.4 Å². The molecule has 0 amide bonds. The maximum absolute atomic E-state index is 6.19. The Morgan fingerprint density at radius 1 is 1.19 bits per heavy atom. The molecule has 1 atom stereocenters. The van der Waals surface area contributed by atoms with E-state index in [9.17, 15) is 0 Å². The van der Waals surface area contributed by atoms with E-state index < -0.39 is 0 Å². The summed E-state index contributed by atoms with van der Waals surface area (Å²) in [7, 11) is -0.331. The van der Waals surface area contributed by atoms with Gasteiger partial charge in [-0.25, -0.2) is 0 Å². The van der Waals surface area contributed by atoms with Crippen molar-refractivity contribution in [1.82, 2.24) is 10.3 Å². The van der Waals surface area contributed by atoms with Crippen molar-refractivity contribution in [1.29, 1.82) is 0 Å². The Morgan fingerprint density at radius 3 is 2.52 bits per heavy atom. The molecule has 2 aliphatic rings. The predicted octanol–water partition coefficient (Wildman–Crippen LogP) is 2.20. The fraction of sp³-hybridized carbons (Fsp3) is 0.688. The third kappa shape index (κ3) is 2.74. The van der Waals surface area contributed by atoms with Crippen molar-refractivity contribution < 1.29 is 9.31 Å². The first-order valence-corrected chi connectivity index (χ1v) is 7.93. The van der Waals surface area contributed by atoms with Gasteiger partial charge in [-0.05, 0) is 58.7 Å². The lowest BCUT2D eigenvalue weighted by atomic mass is 9.74. The average Bonchev–Trinajstić information content (AvgIpc) is 2.68. The second-order valence-corrected chi connectivity index (χ2v) is 7.10. The van der Waals surface area contributed by atoms with E-state index in [1.165, 1.54) is 18.4 Å². The van der Waals surface area contributed by atoms with E-state index in [0.29, 0.717) is 6.04 Å². The third-order valence-corrected chi connectivity index (χ3v) is 5.08. The second-order valence-electron chi connectivity index (χ2n) is 7.10. The predicted molar refractivity (Wildman–Crippen MR) is 84.5 cm³/mol. The number of nitrogens with one attached hydrogen (secondary N) is 1. The average molecular weight is 288 g/mol. The van der Waals surface area contributed by atoms with Gasteiger partial charge in [-0.3, -0.25) is 4.98 Å². The van der Waals surface area contributed by atoms with Gasteiger partial charge in [0.1, 0.15) is 0 Å². The monoisotopic (exact) mass is 288 g/mol. The van der Waals surface area contributed by atoms with Crippen molar-refractivity contribution in [3.05, 3.63) is 24.0 Å². The summed E-state index contributed by atoms with van der Waals surface area (Å²) in [6.45, 7) is 9.42. The summed E-state index contributed by atoms with van der Waals surface area (Å²) in [4.78, 5) is 4.29. The fourth-order valence-electron chi connectivity index (χ4n) is 3.02. The van der Waals surface area contributed by atoms with Crippen LogP contribution in [0.25, 0.3) is 0 Å². The first kappa shape index (κ1) is 15.0. The van der Waals surface area contributed by atoms with Crippen LogP contribution < -0.4 is 10.8 Å². The van der Waals surface area contributed by atoms with Gasteiger partial charge in [0.05, 0.1) is 11.2 Å². The van der Waals surface area contributed by atoms with Crippen LogP contribution in [0.2, 0.25) is 0 Å². The Balaban J connectivity index is 1.89. The minimum Gasteiger partial charge on any atom is -0.399 e. The molecule has 5 heteroatoms. The molecular weight excluding hydrogens is 263 g/mol. The molecule has 3 rings (SSSR count). The van der Waals surface area contributed by atoms with E-state index in [1.54, 1.807) is 0 Å². The summed E-state index contributed by atoms with van der Waals surface area (Å²) in [5.41, 5.74) is 1.70. The van der Waals surface area contributed by atoms with Crippen LogP contribution in [0, 0.1) is 0 Å². The molecule has 3 heterocycles. The van der Waals surface area contributed by atoms with Gasteiger partial charge in [-0.2, -0.15) is 0 Å². The van der Waals surface area contributed by atoms with E-state index in [0.717, 1.165) is 18.4 Å². The first-order valence-electron chi connectivity index (χ1n) is 7.93. The molecule has 2 saturated heterocycles. The Bertz CT molecular complexity index is 497. The molecule has 1 N–H and O–H groups in total. The smallest absolute Gasteiger partial charge is 0.399 e. The Kier molecular flexibility index (Phi) is 3.84. The number of hydrogen-bond acceptors (Lipinski definition) is 4. The first-order chi connectivity index (χ1) is 9.91. The van der Waals surface area contributed by atoms with Crippen molar-refractivity contribution in [2.75, 3.05) is 6.54 Å². The lowest BCUT2D eigenvalue weighted by Gasteiger charge is -2.32. The van der Waals surface area contributed by atoms with Gasteiger partial charge in [0.2, 0.25) is 0 Å². The van der Waals surface area contributed by atoms with Crippen LogP contribution >= 0.6 is 0 Å². The van der Waals surface area contributed by atoms with E-state index >= 15 is 0 Å². The highest BCUT2D eigenvalue weighted by molar-refractivity contribution is 6.62.